The van der Waals surface area contributed by atoms with Gasteiger partial charge >= 0.3 is 0 Å². The Morgan fingerprint density at radius 1 is 1.09 bits per heavy atom. The molecule has 1 aliphatic carbocycles. The van der Waals surface area contributed by atoms with E-state index >= 15 is 0 Å². The Labute approximate surface area is 195 Å². The highest BCUT2D eigenvalue weighted by Crippen LogP contribution is 2.35. The molecular weight excluding hydrogens is 422 g/mol. The Morgan fingerprint density at radius 3 is 2.72 bits per heavy atom. The van der Waals surface area contributed by atoms with Crippen LogP contribution < -0.4 is 10.6 Å². The van der Waals surface area contributed by atoms with Gasteiger partial charge in [-0.05, 0) is 68.2 Å². The van der Waals surface area contributed by atoms with E-state index in [2.05, 4.69) is 28.8 Å². The second kappa shape index (κ2) is 10.3. The van der Waals surface area contributed by atoms with Crippen LogP contribution in [0.4, 0.5) is 0 Å². The number of benzene rings is 1. The number of thioether (sulfide) groups is 1. The molecule has 0 aromatic heterocycles. The lowest BCUT2D eigenvalue weighted by atomic mass is 9.87. The predicted octanol–water partition coefficient (Wildman–Crippen LogP) is 3.56. The molecule has 4 rings (SSSR count). The van der Waals surface area contributed by atoms with Crippen LogP contribution in [-0.4, -0.2) is 45.8 Å². The predicted molar refractivity (Wildman–Crippen MR) is 127 cm³/mol. The minimum Gasteiger partial charge on any atom is -0.347 e. The molecule has 2 fully saturated rings. The Balaban J connectivity index is 1.50. The van der Waals surface area contributed by atoms with Gasteiger partial charge in [-0.15, -0.1) is 11.8 Å². The first-order valence-electron chi connectivity index (χ1n) is 12.1. The number of carbonyl (C=O) groups is 3. The van der Waals surface area contributed by atoms with Gasteiger partial charge in [-0.1, -0.05) is 38.1 Å². The third-order valence-corrected chi connectivity index (χ3v) is 8.53. The van der Waals surface area contributed by atoms with Crippen molar-refractivity contribution in [3.63, 3.8) is 0 Å². The zero-order chi connectivity index (χ0) is 22.7. The van der Waals surface area contributed by atoms with E-state index in [1.165, 1.54) is 11.1 Å². The van der Waals surface area contributed by atoms with Crippen LogP contribution in [0.3, 0.4) is 0 Å². The quantitative estimate of drug-likeness (QED) is 0.709. The molecule has 2 N–H and O–H groups in total. The van der Waals surface area contributed by atoms with Gasteiger partial charge in [0.25, 0.3) is 0 Å². The molecule has 1 aromatic rings. The minimum absolute atomic E-state index is 0.00321. The van der Waals surface area contributed by atoms with Gasteiger partial charge in [-0.3, -0.25) is 14.4 Å². The number of hydrogen-bond donors (Lipinski definition) is 2. The van der Waals surface area contributed by atoms with Crippen molar-refractivity contribution in [2.24, 2.45) is 5.92 Å². The van der Waals surface area contributed by atoms with E-state index < -0.39 is 12.1 Å². The summed E-state index contributed by atoms with van der Waals surface area (Å²) in [5.74, 6) is 0.454. The Kier molecular flexibility index (Phi) is 7.44. The molecule has 3 aliphatic rings. The lowest BCUT2D eigenvalue weighted by molar-refractivity contribution is -0.146. The zero-order valence-corrected chi connectivity index (χ0v) is 20.0. The number of nitrogens with zero attached hydrogens (tertiary/aromatic N) is 1. The topological polar surface area (TPSA) is 78.5 Å². The average Bonchev–Trinajstić information content (AvgIpc) is 2.97. The highest BCUT2D eigenvalue weighted by atomic mass is 32.2. The largest absolute Gasteiger partial charge is 0.347 e. The Hall–Kier alpha value is -2.02. The van der Waals surface area contributed by atoms with E-state index in [0.717, 1.165) is 44.3 Å². The van der Waals surface area contributed by atoms with Gasteiger partial charge in [0.1, 0.15) is 12.1 Å². The molecule has 32 heavy (non-hydrogen) atoms. The highest BCUT2D eigenvalue weighted by Gasteiger charge is 2.43. The molecule has 1 aromatic carbocycles. The lowest BCUT2D eigenvalue weighted by Crippen LogP contribution is -2.59. The monoisotopic (exact) mass is 457 g/mol. The van der Waals surface area contributed by atoms with Crippen molar-refractivity contribution in [1.82, 2.24) is 15.5 Å². The first-order valence-corrected chi connectivity index (χ1v) is 13.2. The van der Waals surface area contributed by atoms with Gasteiger partial charge in [-0.2, -0.15) is 0 Å². The number of carbonyl (C=O) groups excluding carboxylic acids is 3. The van der Waals surface area contributed by atoms with Gasteiger partial charge in [0.15, 0.2) is 0 Å². The lowest BCUT2D eigenvalue weighted by Gasteiger charge is -2.41. The maximum Gasteiger partial charge on any atom is 0.246 e. The third kappa shape index (κ3) is 4.82. The normalized spacial score (nSPS) is 28.7. The molecule has 0 bridgehead atoms. The summed E-state index contributed by atoms with van der Waals surface area (Å²) in [4.78, 5) is 41.3. The fourth-order valence-corrected chi connectivity index (χ4v) is 6.50. The molecular formula is C25H35N3O3S. The van der Waals surface area contributed by atoms with Crippen molar-refractivity contribution in [2.45, 2.75) is 88.7 Å². The molecule has 7 heteroatoms. The molecule has 1 unspecified atom stereocenters. The summed E-state index contributed by atoms with van der Waals surface area (Å²) in [6.07, 6.45) is 6.89. The van der Waals surface area contributed by atoms with Crippen molar-refractivity contribution in [3.05, 3.63) is 35.4 Å². The van der Waals surface area contributed by atoms with Crippen molar-refractivity contribution in [2.75, 3.05) is 5.75 Å². The molecule has 0 radical (unpaired) electrons. The van der Waals surface area contributed by atoms with Crippen LogP contribution in [0.25, 0.3) is 0 Å². The zero-order valence-electron chi connectivity index (χ0n) is 19.1. The SMILES string of the molecule is CC[C@@H](C)C(=O)N[C@H]1CCS[C@H]2CCCC(C(=O)N[C@@H]3CCCc4ccccc43)N2C1=O. The van der Waals surface area contributed by atoms with Crippen LogP contribution in [-0.2, 0) is 20.8 Å². The van der Waals surface area contributed by atoms with Gasteiger partial charge in [-0.25, -0.2) is 0 Å². The summed E-state index contributed by atoms with van der Waals surface area (Å²) in [5.41, 5.74) is 2.51. The minimum atomic E-state index is -0.544. The number of fused-ring (bicyclic) bond motifs is 2. The van der Waals surface area contributed by atoms with Gasteiger partial charge in [0.2, 0.25) is 17.7 Å². The van der Waals surface area contributed by atoms with E-state index in [9.17, 15) is 14.4 Å². The summed E-state index contributed by atoms with van der Waals surface area (Å²) in [6.45, 7) is 3.85. The number of hydrogen-bond acceptors (Lipinski definition) is 4. The van der Waals surface area contributed by atoms with Crippen molar-refractivity contribution >= 4 is 29.5 Å². The van der Waals surface area contributed by atoms with E-state index in [-0.39, 0.29) is 35.1 Å². The number of aryl methyl sites for hydroxylation is 1. The highest BCUT2D eigenvalue weighted by molar-refractivity contribution is 7.99. The standard InChI is InChI=1S/C25H35N3O3S/c1-3-16(2)23(29)27-20-14-15-32-22-13-7-12-21(28(22)25(20)31)24(30)26-19-11-6-9-17-8-4-5-10-18(17)19/h4-5,8,10,16,19-22H,3,6-7,9,11-15H2,1-2H3,(H,26,30)(H,27,29)/t16-,19-,20+,21?,22+/m1/s1. The molecule has 0 spiro atoms. The smallest absolute Gasteiger partial charge is 0.246 e. The van der Waals surface area contributed by atoms with Gasteiger partial charge in [0.05, 0.1) is 11.4 Å². The number of nitrogens with one attached hydrogen (secondary N) is 2. The first-order chi connectivity index (χ1) is 15.5. The fourth-order valence-electron chi connectivity index (χ4n) is 5.11. The Bertz CT molecular complexity index is 861. The molecule has 5 atom stereocenters. The van der Waals surface area contributed by atoms with Crippen LogP contribution in [0, 0.1) is 5.92 Å². The Morgan fingerprint density at radius 2 is 1.91 bits per heavy atom. The van der Waals surface area contributed by atoms with Gasteiger partial charge < -0.3 is 15.5 Å². The third-order valence-electron chi connectivity index (χ3n) is 7.21. The summed E-state index contributed by atoms with van der Waals surface area (Å²) in [5, 5.41) is 6.25. The van der Waals surface area contributed by atoms with E-state index in [1.807, 2.05) is 19.9 Å². The first kappa shape index (κ1) is 23.1. The molecule has 3 amide bonds. The number of rotatable bonds is 5. The summed E-state index contributed by atoms with van der Waals surface area (Å²) in [6, 6.07) is 7.32. The van der Waals surface area contributed by atoms with Crippen LogP contribution in [0.1, 0.15) is 76.0 Å². The second-order valence-electron chi connectivity index (χ2n) is 9.33. The van der Waals surface area contributed by atoms with Gasteiger partial charge in [0, 0.05) is 5.92 Å². The number of piperidine rings is 1. The molecule has 0 saturated carbocycles. The van der Waals surface area contributed by atoms with Crippen LogP contribution >= 0.6 is 11.8 Å². The van der Waals surface area contributed by atoms with Crippen LogP contribution in [0.5, 0.6) is 0 Å². The molecule has 174 valence electrons. The van der Waals surface area contributed by atoms with E-state index in [4.69, 9.17) is 0 Å². The molecule has 6 nitrogen and oxygen atoms in total. The molecule has 2 aliphatic heterocycles. The maximum absolute atomic E-state index is 13.5. The van der Waals surface area contributed by atoms with Crippen molar-refractivity contribution in [3.8, 4) is 0 Å². The summed E-state index contributed by atoms with van der Waals surface area (Å²) in [7, 11) is 0. The summed E-state index contributed by atoms with van der Waals surface area (Å²) >= 11 is 1.75. The average molecular weight is 458 g/mol. The maximum atomic E-state index is 13.5. The number of amides is 3. The van der Waals surface area contributed by atoms with Crippen LogP contribution in [0.2, 0.25) is 0 Å². The van der Waals surface area contributed by atoms with Crippen molar-refractivity contribution in [1.29, 1.82) is 0 Å². The fraction of sp³-hybridized carbons (Fsp3) is 0.640. The van der Waals surface area contributed by atoms with E-state index in [0.29, 0.717) is 12.8 Å². The second-order valence-corrected chi connectivity index (χ2v) is 10.6. The molecule has 2 saturated heterocycles. The van der Waals surface area contributed by atoms with Crippen molar-refractivity contribution < 1.29 is 14.4 Å². The van der Waals surface area contributed by atoms with Crippen LogP contribution in [0.15, 0.2) is 24.3 Å². The van der Waals surface area contributed by atoms with E-state index in [1.54, 1.807) is 16.7 Å². The molecule has 2 heterocycles. The summed E-state index contributed by atoms with van der Waals surface area (Å²) < 4.78 is 0.